The van der Waals surface area contributed by atoms with Crippen molar-refractivity contribution in [2.45, 2.75) is 94.0 Å². The minimum Gasteiger partial charge on any atom is -0.490 e. The van der Waals surface area contributed by atoms with Crippen LogP contribution in [0.15, 0.2) is 52.9 Å². The van der Waals surface area contributed by atoms with Gasteiger partial charge in [0.25, 0.3) is 11.8 Å². The summed E-state index contributed by atoms with van der Waals surface area (Å²) in [6.45, 7) is 4.82. The summed E-state index contributed by atoms with van der Waals surface area (Å²) in [5.74, 6) is 0.268. The number of amides is 2. The quantitative estimate of drug-likeness (QED) is 0.320. The Labute approximate surface area is 313 Å². The first-order valence-electron chi connectivity index (χ1n) is 19.0. The van der Waals surface area contributed by atoms with Crippen LogP contribution in [-0.2, 0) is 40.8 Å². The van der Waals surface area contributed by atoms with Crippen LogP contribution in [0.5, 0.6) is 5.75 Å². The first kappa shape index (κ1) is 37.4. The summed E-state index contributed by atoms with van der Waals surface area (Å²) in [5.41, 5.74) is 3.42. The summed E-state index contributed by atoms with van der Waals surface area (Å²) in [7, 11) is -1.77. The Bertz CT molecular complexity index is 1790. The van der Waals surface area contributed by atoms with Crippen LogP contribution in [0, 0.1) is 11.8 Å². The Kier molecular flexibility index (Phi) is 11.6. The van der Waals surface area contributed by atoms with E-state index >= 15 is 0 Å². The normalized spacial score (nSPS) is 31.6. The number of nitrogens with one attached hydrogen (secondary N) is 1. The molecule has 0 radical (unpaired) electrons. The van der Waals surface area contributed by atoms with E-state index in [0.29, 0.717) is 75.1 Å². The molecular weight excluding hydrogens is 702 g/mol. The molecule has 1 N–H and O–H groups in total. The summed E-state index contributed by atoms with van der Waals surface area (Å²) in [5, 5.41) is 0.185. The van der Waals surface area contributed by atoms with E-state index in [1.54, 1.807) is 13.2 Å². The number of hydrogen-bond acceptors (Lipinski definition) is 8. The van der Waals surface area contributed by atoms with Gasteiger partial charge in [-0.15, -0.1) is 4.36 Å². The van der Waals surface area contributed by atoms with E-state index in [1.807, 2.05) is 25.1 Å². The van der Waals surface area contributed by atoms with E-state index in [4.69, 9.17) is 30.5 Å². The fraction of sp³-hybridized carbons (Fsp3) is 0.600. The van der Waals surface area contributed by atoms with Crippen LogP contribution >= 0.6 is 11.6 Å². The minimum atomic E-state index is -3.54. The van der Waals surface area contributed by atoms with Gasteiger partial charge in [0.15, 0.2) is 0 Å². The van der Waals surface area contributed by atoms with Crippen LogP contribution in [0.25, 0.3) is 0 Å². The fourth-order valence-corrected chi connectivity index (χ4v) is 11.1. The van der Waals surface area contributed by atoms with E-state index in [0.717, 1.165) is 55.9 Å². The van der Waals surface area contributed by atoms with Crippen molar-refractivity contribution >= 4 is 39.0 Å². The zero-order valence-corrected chi connectivity index (χ0v) is 31.9. The molecule has 52 heavy (non-hydrogen) atoms. The van der Waals surface area contributed by atoms with E-state index in [2.05, 4.69) is 38.3 Å². The Balaban J connectivity index is 1.26. The number of methoxy groups -OCH3 is 1. The average Bonchev–Trinajstić information content (AvgIpc) is 3.28. The number of hydrogen-bond donors (Lipinski definition) is 1. The van der Waals surface area contributed by atoms with Crippen molar-refractivity contribution in [3.63, 3.8) is 0 Å². The zero-order valence-electron chi connectivity index (χ0n) is 30.4. The summed E-state index contributed by atoms with van der Waals surface area (Å²) in [6, 6.07) is 11.6. The van der Waals surface area contributed by atoms with Gasteiger partial charge in [0.1, 0.15) is 22.3 Å². The summed E-state index contributed by atoms with van der Waals surface area (Å²) in [6.07, 6.45) is 12.2. The molecule has 2 amide bonds. The number of nitrogens with zero attached hydrogens (tertiary/aromatic N) is 2. The molecule has 2 fully saturated rings. The highest BCUT2D eigenvalue weighted by Crippen LogP contribution is 2.47. The number of halogens is 1. The number of rotatable bonds is 6. The van der Waals surface area contributed by atoms with E-state index < -0.39 is 27.0 Å². The SMILES string of the molecule is CC[C@@H]1CC/C=C\[C@H](OC)[C@@H]2CC[C@H]2CN2C[C@@]3(CCCc4cc(Cl)ccc43)COc3ccc(cc32)C(=O)N=S1(=O)NC(=O)COC1CCOCC1. The lowest BCUT2D eigenvalue weighted by molar-refractivity contribution is -0.128. The molecule has 3 aliphatic heterocycles. The van der Waals surface area contributed by atoms with Crippen LogP contribution in [0.2, 0.25) is 5.02 Å². The molecule has 0 aromatic heterocycles. The van der Waals surface area contributed by atoms with E-state index in [9.17, 15) is 13.8 Å². The number of fused-ring (bicyclic) bond motifs is 4. The van der Waals surface area contributed by atoms with Gasteiger partial charge in [0, 0.05) is 49.4 Å². The molecule has 7 rings (SSSR count). The average molecular weight is 754 g/mol. The molecular formula is C40H52ClN3O7S. The molecule has 2 aliphatic carbocycles. The van der Waals surface area contributed by atoms with Gasteiger partial charge in [0.2, 0.25) is 0 Å². The second-order valence-corrected chi connectivity index (χ2v) is 17.8. The highest BCUT2D eigenvalue weighted by molar-refractivity contribution is 7.93. The van der Waals surface area contributed by atoms with Gasteiger partial charge in [-0.3, -0.25) is 14.3 Å². The second-order valence-electron chi connectivity index (χ2n) is 15.1. The molecule has 1 spiro atoms. The van der Waals surface area contributed by atoms with Gasteiger partial charge in [-0.05, 0) is 118 Å². The molecule has 5 aliphatic rings. The maximum absolute atomic E-state index is 14.8. The smallest absolute Gasteiger partial charge is 0.286 e. The van der Waals surface area contributed by atoms with Crippen LogP contribution in [0.1, 0.15) is 86.2 Å². The first-order chi connectivity index (χ1) is 25.2. The lowest BCUT2D eigenvalue weighted by Gasteiger charge is -2.46. The summed E-state index contributed by atoms with van der Waals surface area (Å²) < 4.78 is 45.8. The number of carbonyl (C=O) groups is 2. The predicted molar refractivity (Wildman–Crippen MR) is 203 cm³/mol. The van der Waals surface area contributed by atoms with Gasteiger partial charge >= 0.3 is 0 Å². The van der Waals surface area contributed by atoms with Crippen molar-refractivity contribution in [2.75, 3.05) is 51.5 Å². The molecule has 1 saturated carbocycles. The highest BCUT2D eigenvalue weighted by atomic mass is 35.5. The molecule has 6 atom stereocenters. The Morgan fingerprint density at radius 3 is 2.75 bits per heavy atom. The monoisotopic (exact) mass is 753 g/mol. The van der Waals surface area contributed by atoms with Crippen molar-refractivity contribution in [1.82, 2.24) is 4.72 Å². The Morgan fingerprint density at radius 2 is 1.98 bits per heavy atom. The lowest BCUT2D eigenvalue weighted by Crippen LogP contribution is -2.49. The van der Waals surface area contributed by atoms with Gasteiger partial charge in [-0.2, -0.15) is 0 Å². The second kappa shape index (κ2) is 16.2. The molecule has 2 aromatic carbocycles. The Hall–Kier alpha value is -2.96. The Morgan fingerprint density at radius 1 is 1.13 bits per heavy atom. The van der Waals surface area contributed by atoms with Gasteiger partial charge < -0.3 is 23.8 Å². The van der Waals surface area contributed by atoms with Gasteiger partial charge in [0.05, 0.1) is 29.8 Å². The molecule has 1 unspecified atom stereocenters. The van der Waals surface area contributed by atoms with Crippen molar-refractivity contribution in [3.8, 4) is 5.75 Å². The molecule has 282 valence electrons. The standard InChI is InChI=1S/C40H52ClN3O7S/c1-3-32-8-4-5-9-36(48-2)33-13-10-29(33)23-44-25-40(18-6-7-27-21-30(41)12-14-34(27)40)26-51-37-15-11-28(22-35(37)44)39(46)43-52(32,47)42-38(45)24-50-31-16-19-49-20-17-31/h5,9,11-12,14-15,21-22,29,31-33,36H,3-4,6-8,10,13,16-20,23-26H2,1-2H3,(H,42,43,45,46,47)/b9-5-/t29-,32+,33+,36-,40-,52?/m0/s1. The largest absolute Gasteiger partial charge is 0.490 e. The van der Waals surface area contributed by atoms with Crippen molar-refractivity contribution in [2.24, 2.45) is 16.2 Å². The third-order valence-electron chi connectivity index (χ3n) is 11.9. The van der Waals surface area contributed by atoms with Crippen LogP contribution < -0.4 is 14.4 Å². The number of ether oxygens (including phenoxy) is 4. The minimum absolute atomic E-state index is 0.0510. The maximum atomic E-state index is 14.8. The van der Waals surface area contributed by atoms with Crippen LogP contribution in [0.4, 0.5) is 5.69 Å². The molecule has 2 aromatic rings. The van der Waals surface area contributed by atoms with E-state index in [-0.39, 0.29) is 24.2 Å². The lowest BCUT2D eigenvalue weighted by atomic mass is 9.68. The molecule has 10 nitrogen and oxygen atoms in total. The van der Waals surface area contributed by atoms with Crippen molar-refractivity contribution in [1.29, 1.82) is 0 Å². The number of carbonyl (C=O) groups excluding carboxylic acids is 2. The highest BCUT2D eigenvalue weighted by Gasteiger charge is 2.44. The number of allylic oxidation sites excluding steroid dienone is 1. The summed E-state index contributed by atoms with van der Waals surface area (Å²) in [4.78, 5) is 29.8. The zero-order chi connectivity index (χ0) is 36.3. The van der Waals surface area contributed by atoms with E-state index in [1.165, 1.54) is 11.1 Å². The predicted octanol–water partition coefficient (Wildman–Crippen LogP) is 6.82. The molecule has 2 bridgehead atoms. The third-order valence-corrected chi connectivity index (χ3v) is 14.6. The van der Waals surface area contributed by atoms with Crippen molar-refractivity contribution in [3.05, 3.63) is 70.3 Å². The van der Waals surface area contributed by atoms with Crippen LogP contribution in [-0.4, -0.2) is 80.1 Å². The first-order valence-corrected chi connectivity index (χ1v) is 21.0. The number of anilines is 1. The topological polar surface area (TPSA) is 116 Å². The fourth-order valence-electron chi connectivity index (χ4n) is 8.87. The molecule has 3 heterocycles. The molecule has 1 saturated heterocycles. The summed E-state index contributed by atoms with van der Waals surface area (Å²) >= 11 is 6.47. The van der Waals surface area contributed by atoms with Crippen molar-refractivity contribution < 1.29 is 32.7 Å². The molecule has 12 heteroatoms. The maximum Gasteiger partial charge on any atom is 0.286 e. The number of benzene rings is 2. The van der Waals surface area contributed by atoms with Gasteiger partial charge in [-0.25, -0.2) is 4.21 Å². The van der Waals surface area contributed by atoms with Gasteiger partial charge in [-0.1, -0.05) is 36.7 Å². The third kappa shape index (κ3) is 7.94. The number of aryl methyl sites for hydroxylation is 1. The van der Waals surface area contributed by atoms with Crippen LogP contribution in [0.3, 0.4) is 0 Å².